The molecule has 1 aromatic carbocycles. The molecule has 0 spiro atoms. The van der Waals surface area contributed by atoms with Crippen LogP contribution in [0, 0.1) is 6.92 Å². The van der Waals surface area contributed by atoms with E-state index >= 15 is 0 Å². The predicted molar refractivity (Wildman–Crippen MR) is 40.7 cm³/mol. The number of hydrogen-bond acceptors (Lipinski definition) is 3. The first-order valence-electron chi connectivity index (χ1n) is 3.00. The summed E-state index contributed by atoms with van der Waals surface area (Å²) in [6.07, 6.45) is 0. The lowest BCUT2D eigenvalue weighted by molar-refractivity contribution is 0.477. The zero-order valence-electron chi connectivity index (χ0n) is 5.76. The van der Waals surface area contributed by atoms with Gasteiger partial charge in [0.2, 0.25) is 0 Å². The van der Waals surface area contributed by atoms with Gasteiger partial charge in [0.05, 0.1) is 5.69 Å². The number of aromatic hydroxyl groups is 1. The molecule has 0 fully saturated rings. The van der Waals surface area contributed by atoms with Crippen molar-refractivity contribution in [2.75, 3.05) is 5.43 Å². The van der Waals surface area contributed by atoms with Crippen LogP contribution in [0.5, 0.6) is 5.75 Å². The van der Waals surface area contributed by atoms with Gasteiger partial charge in [-0.3, -0.25) is 5.84 Å². The van der Waals surface area contributed by atoms with Gasteiger partial charge in [0.1, 0.15) is 5.75 Å². The third-order valence-corrected chi connectivity index (χ3v) is 1.31. The number of benzene rings is 1. The van der Waals surface area contributed by atoms with Crippen molar-refractivity contribution in [3.8, 4) is 5.75 Å². The van der Waals surface area contributed by atoms with Gasteiger partial charge in [-0.15, -0.1) is 0 Å². The molecule has 0 saturated carbocycles. The van der Waals surface area contributed by atoms with Crippen molar-refractivity contribution in [3.63, 3.8) is 0 Å². The Morgan fingerprint density at radius 3 is 2.70 bits per heavy atom. The molecular weight excluding hydrogens is 128 g/mol. The van der Waals surface area contributed by atoms with Crippen molar-refractivity contribution in [2.45, 2.75) is 6.92 Å². The number of anilines is 1. The van der Waals surface area contributed by atoms with Crippen molar-refractivity contribution in [1.82, 2.24) is 0 Å². The number of nitrogens with one attached hydrogen (secondary N) is 1. The average Bonchev–Trinajstić information content (AvgIpc) is 1.88. The minimum atomic E-state index is 0.183. The van der Waals surface area contributed by atoms with Crippen LogP contribution in [-0.4, -0.2) is 5.11 Å². The molecule has 0 unspecified atom stereocenters. The van der Waals surface area contributed by atoms with Crippen LogP contribution in [-0.2, 0) is 0 Å². The Labute approximate surface area is 59.5 Å². The molecule has 4 N–H and O–H groups in total. The van der Waals surface area contributed by atoms with Gasteiger partial charge in [-0.05, 0) is 24.6 Å². The minimum Gasteiger partial charge on any atom is -0.506 e. The van der Waals surface area contributed by atoms with Crippen LogP contribution in [0.4, 0.5) is 5.69 Å². The monoisotopic (exact) mass is 138 g/mol. The number of nitrogen functional groups attached to an aromatic ring is 1. The number of nitrogens with two attached hydrogens (primary N) is 1. The number of aryl methyl sites for hydroxylation is 1. The molecule has 0 amide bonds. The van der Waals surface area contributed by atoms with Gasteiger partial charge in [0.15, 0.2) is 0 Å². The summed E-state index contributed by atoms with van der Waals surface area (Å²) in [5.41, 5.74) is 3.93. The second kappa shape index (κ2) is 2.58. The highest BCUT2D eigenvalue weighted by molar-refractivity contribution is 5.55. The van der Waals surface area contributed by atoms with Crippen molar-refractivity contribution < 1.29 is 5.11 Å². The number of hydrogen-bond donors (Lipinski definition) is 3. The fourth-order valence-electron chi connectivity index (χ4n) is 0.764. The molecule has 3 heteroatoms. The van der Waals surface area contributed by atoms with E-state index < -0.39 is 0 Å². The number of rotatable bonds is 1. The smallest absolute Gasteiger partial charge is 0.140 e. The Bertz CT molecular complexity index is 235. The average molecular weight is 138 g/mol. The Hall–Kier alpha value is -1.22. The second-order valence-electron chi connectivity index (χ2n) is 2.16. The van der Waals surface area contributed by atoms with Gasteiger partial charge in [-0.25, -0.2) is 0 Å². The molecule has 1 rings (SSSR count). The van der Waals surface area contributed by atoms with E-state index in [4.69, 9.17) is 10.9 Å². The molecule has 0 aliphatic heterocycles. The van der Waals surface area contributed by atoms with E-state index in [1.807, 2.05) is 13.0 Å². The Kier molecular flexibility index (Phi) is 1.78. The molecular formula is C7H10N2O. The standard InChI is InChI=1S/C7H10N2O/c1-5-2-3-6(9-8)7(10)4-5/h2-4,9-10H,8H2,1H3. The molecule has 0 aliphatic carbocycles. The predicted octanol–water partition coefficient (Wildman–Crippen LogP) is 0.986. The second-order valence-corrected chi connectivity index (χ2v) is 2.16. The van der Waals surface area contributed by atoms with Gasteiger partial charge in [-0.1, -0.05) is 6.07 Å². The number of hydrazine groups is 1. The largest absolute Gasteiger partial charge is 0.506 e. The first-order valence-corrected chi connectivity index (χ1v) is 3.00. The van der Waals surface area contributed by atoms with E-state index in [9.17, 15) is 0 Å². The van der Waals surface area contributed by atoms with E-state index in [1.165, 1.54) is 0 Å². The zero-order valence-corrected chi connectivity index (χ0v) is 5.76. The molecule has 0 aliphatic rings. The number of phenols is 1. The summed E-state index contributed by atoms with van der Waals surface area (Å²) in [5, 5.41) is 9.15. The molecule has 10 heavy (non-hydrogen) atoms. The highest BCUT2D eigenvalue weighted by Crippen LogP contribution is 2.22. The van der Waals surface area contributed by atoms with E-state index in [-0.39, 0.29) is 5.75 Å². The first-order chi connectivity index (χ1) is 4.74. The van der Waals surface area contributed by atoms with Crippen LogP contribution >= 0.6 is 0 Å². The van der Waals surface area contributed by atoms with Crippen LogP contribution in [0.15, 0.2) is 18.2 Å². The highest BCUT2D eigenvalue weighted by atomic mass is 16.3. The van der Waals surface area contributed by atoms with Crippen molar-refractivity contribution in [3.05, 3.63) is 23.8 Å². The lowest BCUT2D eigenvalue weighted by Crippen LogP contribution is -2.06. The van der Waals surface area contributed by atoms with Crippen LogP contribution < -0.4 is 11.3 Å². The molecule has 0 saturated heterocycles. The topological polar surface area (TPSA) is 58.3 Å². The normalized spacial score (nSPS) is 9.40. The maximum Gasteiger partial charge on any atom is 0.140 e. The summed E-state index contributed by atoms with van der Waals surface area (Å²) in [5.74, 6) is 5.27. The summed E-state index contributed by atoms with van der Waals surface area (Å²) >= 11 is 0. The summed E-state index contributed by atoms with van der Waals surface area (Å²) < 4.78 is 0. The minimum absolute atomic E-state index is 0.183. The molecule has 0 heterocycles. The van der Waals surface area contributed by atoms with Crippen molar-refractivity contribution >= 4 is 5.69 Å². The van der Waals surface area contributed by atoms with Crippen LogP contribution in [0.2, 0.25) is 0 Å². The first kappa shape index (κ1) is 6.89. The van der Waals surface area contributed by atoms with Gasteiger partial charge >= 0.3 is 0 Å². The molecule has 0 aromatic heterocycles. The molecule has 0 radical (unpaired) electrons. The van der Waals surface area contributed by atoms with Crippen molar-refractivity contribution in [1.29, 1.82) is 0 Å². The number of phenolic OH excluding ortho intramolecular Hbond substituents is 1. The van der Waals surface area contributed by atoms with Crippen LogP contribution in [0.1, 0.15) is 5.56 Å². The van der Waals surface area contributed by atoms with E-state index in [0.717, 1.165) is 5.56 Å². The molecule has 54 valence electrons. The molecule has 3 nitrogen and oxygen atoms in total. The maximum absolute atomic E-state index is 9.15. The summed E-state index contributed by atoms with van der Waals surface area (Å²) in [4.78, 5) is 0. The van der Waals surface area contributed by atoms with Gasteiger partial charge in [0, 0.05) is 0 Å². The van der Waals surface area contributed by atoms with E-state index in [0.29, 0.717) is 5.69 Å². The van der Waals surface area contributed by atoms with Crippen molar-refractivity contribution in [2.24, 2.45) is 5.84 Å². The fraction of sp³-hybridized carbons (Fsp3) is 0.143. The lowest BCUT2D eigenvalue weighted by Gasteiger charge is -2.02. The fourth-order valence-corrected chi connectivity index (χ4v) is 0.764. The molecule has 0 atom stereocenters. The lowest BCUT2D eigenvalue weighted by atomic mass is 10.2. The van der Waals surface area contributed by atoms with Gasteiger partial charge < -0.3 is 10.5 Å². The maximum atomic E-state index is 9.15. The Morgan fingerprint density at radius 1 is 1.50 bits per heavy atom. The quantitative estimate of drug-likeness (QED) is 0.308. The molecule has 0 bridgehead atoms. The van der Waals surface area contributed by atoms with Gasteiger partial charge in [0.25, 0.3) is 0 Å². The zero-order chi connectivity index (χ0) is 7.56. The van der Waals surface area contributed by atoms with E-state index in [1.54, 1.807) is 12.1 Å². The van der Waals surface area contributed by atoms with E-state index in [2.05, 4.69) is 5.43 Å². The van der Waals surface area contributed by atoms with Crippen LogP contribution in [0.25, 0.3) is 0 Å². The molecule has 1 aromatic rings. The third-order valence-electron chi connectivity index (χ3n) is 1.31. The Morgan fingerprint density at radius 2 is 2.20 bits per heavy atom. The van der Waals surface area contributed by atoms with Crippen LogP contribution in [0.3, 0.4) is 0 Å². The van der Waals surface area contributed by atoms with Gasteiger partial charge in [-0.2, -0.15) is 0 Å². The SMILES string of the molecule is Cc1ccc(NN)c(O)c1. The summed E-state index contributed by atoms with van der Waals surface area (Å²) in [6, 6.07) is 5.24. The Balaban J connectivity index is 3.07. The third kappa shape index (κ3) is 1.19. The highest BCUT2D eigenvalue weighted by Gasteiger charge is 1.96. The summed E-state index contributed by atoms with van der Waals surface area (Å²) in [6.45, 7) is 1.90. The summed E-state index contributed by atoms with van der Waals surface area (Å²) in [7, 11) is 0.